The van der Waals surface area contributed by atoms with Gasteiger partial charge in [0.2, 0.25) is 15.9 Å². The molecule has 3 heterocycles. The minimum absolute atomic E-state index is 0.144. The summed E-state index contributed by atoms with van der Waals surface area (Å²) < 4.78 is 27.9. The van der Waals surface area contributed by atoms with Gasteiger partial charge in [-0.3, -0.25) is 9.69 Å². The lowest BCUT2D eigenvalue weighted by Gasteiger charge is -2.35. The van der Waals surface area contributed by atoms with E-state index >= 15 is 0 Å². The summed E-state index contributed by atoms with van der Waals surface area (Å²) >= 11 is 0. The molecule has 5 rings (SSSR count). The lowest BCUT2D eigenvalue weighted by molar-refractivity contribution is -0.117. The Hall–Kier alpha value is -2.72. The zero-order valence-corrected chi connectivity index (χ0v) is 23.3. The van der Waals surface area contributed by atoms with Gasteiger partial charge >= 0.3 is 0 Å². The highest BCUT2D eigenvalue weighted by molar-refractivity contribution is 7.89. The van der Waals surface area contributed by atoms with Gasteiger partial charge in [-0.25, -0.2) is 12.7 Å². The summed E-state index contributed by atoms with van der Waals surface area (Å²) in [6.45, 7) is 2.82. The van der Waals surface area contributed by atoms with E-state index in [0.717, 1.165) is 66.2 Å². The Kier molecular flexibility index (Phi) is 8.71. The van der Waals surface area contributed by atoms with E-state index in [1.807, 2.05) is 30.5 Å². The van der Waals surface area contributed by atoms with Crippen LogP contribution in [0.25, 0.3) is 22.0 Å². The smallest absolute Gasteiger partial charge is 0.221 e. The first-order chi connectivity index (χ1) is 18.9. The predicted octanol–water partition coefficient (Wildman–Crippen LogP) is 3.61. The third kappa shape index (κ3) is 6.38. The van der Waals surface area contributed by atoms with Gasteiger partial charge in [-0.15, -0.1) is 0 Å². The number of aliphatic hydroxyl groups is 1. The fourth-order valence-corrected chi connectivity index (χ4v) is 7.89. The largest absolute Gasteiger partial charge is 0.395 e. The van der Waals surface area contributed by atoms with Crippen LogP contribution >= 0.6 is 0 Å². The van der Waals surface area contributed by atoms with Crippen molar-refractivity contribution in [2.75, 3.05) is 38.5 Å². The van der Waals surface area contributed by atoms with Crippen molar-refractivity contribution in [1.82, 2.24) is 14.2 Å². The number of amides is 1. The molecule has 39 heavy (non-hydrogen) atoms. The number of nitrogens with zero attached hydrogens (tertiary/aromatic N) is 2. The van der Waals surface area contributed by atoms with Gasteiger partial charge in [-0.1, -0.05) is 36.8 Å². The molecule has 2 saturated heterocycles. The number of fused-ring (bicyclic) bond motifs is 1. The average molecular weight is 553 g/mol. The lowest BCUT2D eigenvalue weighted by atomic mass is 9.88. The van der Waals surface area contributed by atoms with Crippen LogP contribution in [0, 0.1) is 0 Å². The summed E-state index contributed by atoms with van der Waals surface area (Å²) in [4.78, 5) is 17.5. The Morgan fingerprint density at radius 1 is 1.03 bits per heavy atom. The number of hydrogen-bond acceptors (Lipinski definition) is 5. The highest BCUT2D eigenvalue weighted by Gasteiger charge is 2.30. The zero-order chi connectivity index (χ0) is 27.4. The first-order valence-corrected chi connectivity index (χ1v) is 15.8. The molecule has 0 spiro atoms. The molecule has 2 aromatic carbocycles. The van der Waals surface area contributed by atoms with E-state index in [1.54, 1.807) is 4.31 Å². The number of piperidine rings is 2. The van der Waals surface area contributed by atoms with E-state index in [2.05, 4.69) is 28.1 Å². The van der Waals surface area contributed by atoms with Crippen LogP contribution in [0.4, 0.5) is 0 Å². The molecule has 210 valence electrons. The van der Waals surface area contributed by atoms with Crippen LogP contribution in [-0.4, -0.2) is 78.2 Å². The summed E-state index contributed by atoms with van der Waals surface area (Å²) in [6, 6.07) is 14.5. The number of nitrogens with two attached hydrogens (primary N) is 1. The second-order valence-electron chi connectivity index (χ2n) is 11.0. The van der Waals surface area contributed by atoms with Crippen LogP contribution in [0.3, 0.4) is 0 Å². The minimum atomic E-state index is -3.32. The molecular weight excluding hydrogens is 512 g/mol. The first-order valence-electron chi connectivity index (χ1n) is 14.2. The van der Waals surface area contributed by atoms with E-state index in [1.165, 1.54) is 5.56 Å². The fourth-order valence-electron chi connectivity index (χ4n) is 6.38. The topological polar surface area (TPSA) is 120 Å². The molecule has 2 fully saturated rings. The predicted molar refractivity (Wildman–Crippen MR) is 155 cm³/mol. The second-order valence-corrected chi connectivity index (χ2v) is 13.1. The summed E-state index contributed by atoms with van der Waals surface area (Å²) in [5, 5.41) is 10.7. The van der Waals surface area contributed by atoms with Crippen molar-refractivity contribution < 1.29 is 18.3 Å². The minimum Gasteiger partial charge on any atom is -0.395 e. The van der Waals surface area contributed by atoms with Gasteiger partial charge < -0.3 is 15.8 Å². The van der Waals surface area contributed by atoms with E-state index in [-0.39, 0.29) is 36.6 Å². The molecule has 8 nitrogen and oxygen atoms in total. The summed E-state index contributed by atoms with van der Waals surface area (Å²) in [5.74, 6) is 0.00992. The molecule has 2 aliphatic rings. The summed E-state index contributed by atoms with van der Waals surface area (Å²) in [5.41, 5.74) is 10.7. The number of H-pyrrole nitrogens is 1. The monoisotopic (exact) mass is 552 g/mol. The number of benzene rings is 2. The molecule has 1 atom stereocenters. The van der Waals surface area contributed by atoms with Crippen LogP contribution in [0.1, 0.15) is 55.6 Å². The highest BCUT2D eigenvalue weighted by Crippen LogP contribution is 2.37. The molecule has 1 aromatic heterocycles. The van der Waals surface area contributed by atoms with Crippen LogP contribution in [-0.2, 0) is 21.2 Å². The van der Waals surface area contributed by atoms with Gasteiger partial charge in [0.1, 0.15) is 0 Å². The molecule has 4 N–H and O–H groups in total. The number of nitrogens with one attached hydrogen (secondary N) is 1. The van der Waals surface area contributed by atoms with E-state index in [0.29, 0.717) is 26.1 Å². The molecule has 0 bridgehead atoms. The Morgan fingerprint density at radius 3 is 2.51 bits per heavy atom. The molecular formula is C30H40N4O4S. The maximum Gasteiger partial charge on any atom is 0.221 e. The SMILES string of the molecule is NC(=O)Cc1cc(-c2ccccc2)cc2c(C3CCN(S(=O)(=O)CCCN4CCCCC4CO)CC3)c[nH]c12. The van der Waals surface area contributed by atoms with Crippen molar-refractivity contribution in [2.45, 2.75) is 56.9 Å². The fraction of sp³-hybridized carbons (Fsp3) is 0.500. The number of primary amides is 1. The van der Waals surface area contributed by atoms with E-state index in [9.17, 15) is 18.3 Å². The Morgan fingerprint density at radius 2 is 1.79 bits per heavy atom. The summed E-state index contributed by atoms with van der Waals surface area (Å²) in [7, 11) is -3.32. The normalized spacial score (nSPS) is 20.0. The number of aromatic nitrogens is 1. The standard InChI is InChI=1S/C30H40N4O4S/c31-29(36)19-25-17-24(22-7-2-1-3-8-22)18-27-28(20-32-30(25)27)23-10-14-34(15-11-23)39(37,38)16-6-13-33-12-5-4-9-26(33)21-35/h1-3,7-8,17-18,20,23,26,32,35H,4-6,9-16,19,21H2,(H2,31,36). The number of sulfonamides is 1. The Balaban J connectivity index is 1.27. The number of carbonyl (C=O) groups is 1. The molecule has 9 heteroatoms. The Labute approximate surface area is 231 Å². The number of aliphatic hydroxyl groups excluding tert-OH is 1. The number of carbonyl (C=O) groups excluding carboxylic acids is 1. The third-order valence-corrected chi connectivity index (χ3v) is 10.4. The van der Waals surface area contributed by atoms with E-state index < -0.39 is 10.0 Å². The van der Waals surface area contributed by atoms with Gasteiger partial charge in [0.25, 0.3) is 0 Å². The van der Waals surface area contributed by atoms with Crippen molar-refractivity contribution in [3.63, 3.8) is 0 Å². The number of hydrogen-bond donors (Lipinski definition) is 3. The average Bonchev–Trinajstić information content (AvgIpc) is 3.38. The lowest BCUT2D eigenvalue weighted by Crippen LogP contribution is -2.43. The van der Waals surface area contributed by atoms with Crippen molar-refractivity contribution in [3.8, 4) is 11.1 Å². The molecule has 2 aliphatic heterocycles. The van der Waals surface area contributed by atoms with Crippen molar-refractivity contribution in [2.24, 2.45) is 5.73 Å². The van der Waals surface area contributed by atoms with Crippen molar-refractivity contribution >= 4 is 26.8 Å². The number of rotatable bonds is 10. The second kappa shape index (κ2) is 12.2. The number of aromatic amines is 1. The van der Waals surface area contributed by atoms with Gasteiger partial charge in [0, 0.05) is 36.2 Å². The summed E-state index contributed by atoms with van der Waals surface area (Å²) in [6.07, 6.45) is 7.51. The Bertz CT molecular complexity index is 1380. The van der Waals surface area contributed by atoms with Crippen LogP contribution in [0.2, 0.25) is 0 Å². The molecule has 3 aromatic rings. The third-order valence-electron chi connectivity index (χ3n) is 8.47. The molecule has 1 amide bonds. The van der Waals surface area contributed by atoms with Gasteiger partial charge in [0.05, 0.1) is 18.8 Å². The van der Waals surface area contributed by atoms with Gasteiger partial charge in [-0.05, 0) is 85.5 Å². The van der Waals surface area contributed by atoms with E-state index in [4.69, 9.17) is 5.73 Å². The van der Waals surface area contributed by atoms with Gasteiger partial charge in [0.15, 0.2) is 0 Å². The van der Waals surface area contributed by atoms with Crippen molar-refractivity contribution in [3.05, 3.63) is 59.8 Å². The molecule has 0 aliphatic carbocycles. The van der Waals surface area contributed by atoms with Crippen LogP contribution in [0.15, 0.2) is 48.7 Å². The van der Waals surface area contributed by atoms with Crippen molar-refractivity contribution in [1.29, 1.82) is 0 Å². The highest BCUT2D eigenvalue weighted by atomic mass is 32.2. The van der Waals surface area contributed by atoms with Crippen LogP contribution < -0.4 is 5.73 Å². The maximum absolute atomic E-state index is 13.1. The number of likely N-dealkylation sites (tertiary alicyclic amines) is 1. The molecule has 1 unspecified atom stereocenters. The zero-order valence-electron chi connectivity index (χ0n) is 22.5. The maximum atomic E-state index is 13.1. The van der Waals surface area contributed by atoms with Gasteiger partial charge in [-0.2, -0.15) is 0 Å². The molecule has 0 radical (unpaired) electrons. The quantitative estimate of drug-likeness (QED) is 0.355. The first kappa shape index (κ1) is 27.8. The van der Waals surface area contributed by atoms with Crippen LogP contribution in [0.5, 0.6) is 0 Å². The molecule has 0 saturated carbocycles.